The summed E-state index contributed by atoms with van der Waals surface area (Å²) in [6, 6.07) is 20.8. The third kappa shape index (κ3) is 4.55. The van der Waals surface area contributed by atoms with Crippen LogP contribution < -0.4 is 10.2 Å². The number of para-hydroxylation sites is 1. The zero-order valence-corrected chi connectivity index (χ0v) is 21.6. The molecule has 180 valence electrons. The molecule has 1 saturated heterocycles. The summed E-state index contributed by atoms with van der Waals surface area (Å²) < 4.78 is 2.04. The van der Waals surface area contributed by atoms with E-state index in [1.165, 1.54) is 4.90 Å². The molecular formula is C28H21Cl2N3O2S. The molecule has 0 aliphatic carbocycles. The highest BCUT2D eigenvalue weighted by atomic mass is 35.5. The van der Waals surface area contributed by atoms with Gasteiger partial charge in [0.2, 0.25) is 0 Å². The Balaban J connectivity index is 1.55. The summed E-state index contributed by atoms with van der Waals surface area (Å²) in [4.78, 5) is 27.7. The minimum atomic E-state index is -0.524. The lowest BCUT2D eigenvalue weighted by atomic mass is 10.1. The minimum Gasteiger partial charge on any atom is -0.342 e. The Bertz CT molecular complexity index is 1560. The molecule has 8 heteroatoms. The number of fused-ring (bicyclic) bond motifs is 1. The first-order chi connectivity index (χ1) is 17.4. The summed E-state index contributed by atoms with van der Waals surface area (Å²) in [5.74, 6) is -0.991. The standard InChI is InChI=1S/C28H21Cl2N3O2S/c1-2-17-7-11-21(12-8-17)33-27(35)23(26(34)31-28(33)36)13-19-16-32(25-6-4-3-5-22(19)25)15-18-9-10-20(29)14-24(18)30/h3-14,16H,2,15H2,1H3,(H,31,34,36)/b23-13+. The van der Waals surface area contributed by atoms with Crippen LogP contribution in [0.2, 0.25) is 10.0 Å². The van der Waals surface area contributed by atoms with Crippen LogP contribution in [-0.2, 0) is 22.6 Å². The predicted molar refractivity (Wildman–Crippen MR) is 150 cm³/mol. The van der Waals surface area contributed by atoms with Gasteiger partial charge in [-0.2, -0.15) is 0 Å². The zero-order valence-electron chi connectivity index (χ0n) is 19.3. The molecule has 0 spiro atoms. The molecule has 1 N–H and O–H groups in total. The van der Waals surface area contributed by atoms with Crippen molar-refractivity contribution in [3.8, 4) is 0 Å². The molecule has 0 unspecified atom stereocenters. The second-order valence-electron chi connectivity index (χ2n) is 8.44. The van der Waals surface area contributed by atoms with Gasteiger partial charge < -0.3 is 4.57 Å². The molecule has 5 nitrogen and oxygen atoms in total. The number of hydrogen-bond acceptors (Lipinski definition) is 3. The summed E-state index contributed by atoms with van der Waals surface area (Å²) in [6.45, 7) is 2.56. The number of aryl methyl sites for hydroxylation is 1. The van der Waals surface area contributed by atoms with Crippen molar-refractivity contribution in [2.75, 3.05) is 4.90 Å². The summed E-state index contributed by atoms with van der Waals surface area (Å²) >= 11 is 17.8. The lowest BCUT2D eigenvalue weighted by Crippen LogP contribution is -2.54. The van der Waals surface area contributed by atoms with E-state index in [2.05, 4.69) is 12.2 Å². The van der Waals surface area contributed by atoms with Crippen LogP contribution in [0.4, 0.5) is 5.69 Å². The number of hydrogen-bond donors (Lipinski definition) is 1. The van der Waals surface area contributed by atoms with Gasteiger partial charge in [0.1, 0.15) is 5.57 Å². The van der Waals surface area contributed by atoms with Crippen LogP contribution in [0.25, 0.3) is 17.0 Å². The SMILES string of the molecule is CCc1ccc(N2C(=O)/C(=C/c3cn(Cc4ccc(Cl)cc4Cl)c4ccccc34)C(=O)NC2=S)cc1. The van der Waals surface area contributed by atoms with E-state index in [1.807, 2.05) is 65.4 Å². The number of carbonyl (C=O) groups is 2. The van der Waals surface area contributed by atoms with E-state index < -0.39 is 11.8 Å². The quantitative estimate of drug-likeness (QED) is 0.183. The van der Waals surface area contributed by atoms with Crippen LogP contribution in [-0.4, -0.2) is 21.5 Å². The number of rotatable bonds is 5. The van der Waals surface area contributed by atoms with Crippen molar-refractivity contribution >= 4 is 75.0 Å². The van der Waals surface area contributed by atoms with E-state index in [9.17, 15) is 9.59 Å². The Labute approximate surface area is 223 Å². The van der Waals surface area contributed by atoms with Crippen LogP contribution in [0.3, 0.4) is 0 Å². The first-order valence-corrected chi connectivity index (χ1v) is 12.5. The fraction of sp³-hybridized carbons (Fsp3) is 0.107. The predicted octanol–water partition coefficient (Wildman–Crippen LogP) is 6.39. The van der Waals surface area contributed by atoms with E-state index in [-0.39, 0.29) is 10.7 Å². The molecule has 0 atom stereocenters. The summed E-state index contributed by atoms with van der Waals surface area (Å²) in [5, 5.41) is 4.76. The van der Waals surface area contributed by atoms with Crippen molar-refractivity contribution in [2.45, 2.75) is 19.9 Å². The van der Waals surface area contributed by atoms with Gasteiger partial charge in [0.25, 0.3) is 11.8 Å². The number of nitrogens with zero attached hydrogens (tertiary/aromatic N) is 2. The number of aromatic nitrogens is 1. The number of amides is 2. The number of nitrogens with one attached hydrogen (secondary N) is 1. The van der Waals surface area contributed by atoms with Crippen molar-refractivity contribution in [1.82, 2.24) is 9.88 Å². The molecule has 0 radical (unpaired) electrons. The number of anilines is 1. The van der Waals surface area contributed by atoms with Crippen molar-refractivity contribution in [3.63, 3.8) is 0 Å². The highest BCUT2D eigenvalue weighted by Crippen LogP contribution is 2.29. The Hall–Kier alpha value is -3.45. The van der Waals surface area contributed by atoms with Gasteiger partial charge in [-0.3, -0.25) is 19.8 Å². The van der Waals surface area contributed by atoms with E-state index >= 15 is 0 Å². The average Bonchev–Trinajstić information content (AvgIpc) is 3.21. The number of halogens is 2. The molecule has 1 aliphatic rings. The lowest BCUT2D eigenvalue weighted by Gasteiger charge is -2.29. The fourth-order valence-electron chi connectivity index (χ4n) is 4.28. The first-order valence-electron chi connectivity index (χ1n) is 11.4. The van der Waals surface area contributed by atoms with Crippen molar-refractivity contribution in [3.05, 3.63) is 105 Å². The molecule has 0 saturated carbocycles. The zero-order chi connectivity index (χ0) is 25.4. The maximum atomic E-state index is 13.5. The molecule has 1 aromatic heterocycles. The Morgan fingerprint density at radius 2 is 1.75 bits per heavy atom. The van der Waals surface area contributed by atoms with Gasteiger partial charge in [0.05, 0.1) is 5.69 Å². The molecule has 4 aromatic rings. The largest absolute Gasteiger partial charge is 0.342 e. The van der Waals surface area contributed by atoms with Crippen LogP contribution in [0, 0.1) is 0 Å². The Morgan fingerprint density at radius 1 is 1.00 bits per heavy atom. The van der Waals surface area contributed by atoms with Crippen molar-refractivity contribution < 1.29 is 9.59 Å². The fourth-order valence-corrected chi connectivity index (χ4v) is 5.03. The van der Waals surface area contributed by atoms with E-state index in [0.717, 1.165) is 34.0 Å². The summed E-state index contributed by atoms with van der Waals surface area (Å²) in [5.41, 5.74) is 4.34. The first kappa shape index (κ1) is 24.3. The third-order valence-corrected chi connectivity index (χ3v) is 7.05. The van der Waals surface area contributed by atoms with Crippen molar-refractivity contribution in [1.29, 1.82) is 0 Å². The van der Waals surface area contributed by atoms with Gasteiger partial charge in [-0.25, -0.2) is 0 Å². The van der Waals surface area contributed by atoms with Crippen LogP contribution in [0.5, 0.6) is 0 Å². The number of carbonyl (C=O) groups excluding carboxylic acids is 2. The second-order valence-corrected chi connectivity index (χ2v) is 9.67. The second kappa shape index (κ2) is 9.90. The summed E-state index contributed by atoms with van der Waals surface area (Å²) in [6.07, 6.45) is 4.41. The Morgan fingerprint density at radius 3 is 2.47 bits per heavy atom. The lowest BCUT2D eigenvalue weighted by molar-refractivity contribution is -0.122. The van der Waals surface area contributed by atoms with E-state index in [1.54, 1.807) is 18.2 Å². The molecule has 2 amide bonds. The van der Waals surface area contributed by atoms with Gasteiger partial charge >= 0.3 is 0 Å². The number of thiocarbonyl (C=S) groups is 1. The normalized spacial score (nSPS) is 15.1. The van der Waals surface area contributed by atoms with Gasteiger partial charge in [0, 0.05) is 39.3 Å². The van der Waals surface area contributed by atoms with Crippen LogP contribution in [0.15, 0.2) is 78.5 Å². The molecule has 2 heterocycles. The van der Waals surface area contributed by atoms with Gasteiger partial charge in [-0.05, 0) is 66.2 Å². The highest BCUT2D eigenvalue weighted by molar-refractivity contribution is 7.80. The molecule has 0 bridgehead atoms. The monoisotopic (exact) mass is 533 g/mol. The smallest absolute Gasteiger partial charge is 0.270 e. The molecular weight excluding hydrogens is 513 g/mol. The maximum absolute atomic E-state index is 13.5. The molecule has 36 heavy (non-hydrogen) atoms. The highest BCUT2D eigenvalue weighted by Gasteiger charge is 2.34. The average molecular weight is 534 g/mol. The molecule has 1 fully saturated rings. The van der Waals surface area contributed by atoms with Gasteiger partial charge in [0.15, 0.2) is 5.11 Å². The minimum absolute atomic E-state index is 0.00981. The van der Waals surface area contributed by atoms with E-state index in [4.69, 9.17) is 35.4 Å². The Kier molecular flexibility index (Phi) is 6.67. The maximum Gasteiger partial charge on any atom is 0.270 e. The van der Waals surface area contributed by atoms with Crippen LogP contribution in [0.1, 0.15) is 23.6 Å². The van der Waals surface area contributed by atoms with Crippen LogP contribution >= 0.6 is 35.4 Å². The number of benzene rings is 3. The van der Waals surface area contributed by atoms with Gasteiger partial charge in [-0.15, -0.1) is 0 Å². The van der Waals surface area contributed by atoms with E-state index in [0.29, 0.717) is 22.3 Å². The molecule has 5 rings (SSSR count). The van der Waals surface area contributed by atoms with Gasteiger partial charge in [-0.1, -0.05) is 66.5 Å². The third-order valence-electron chi connectivity index (χ3n) is 6.18. The van der Waals surface area contributed by atoms with Crippen molar-refractivity contribution in [2.24, 2.45) is 0 Å². The topological polar surface area (TPSA) is 54.3 Å². The molecule has 1 aliphatic heterocycles. The molecule has 3 aromatic carbocycles. The summed E-state index contributed by atoms with van der Waals surface area (Å²) in [7, 11) is 0.